The van der Waals surface area contributed by atoms with Crippen molar-refractivity contribution in [2.24, 2.45) is 5.41 Å². The van der Waals surface area contributed by atoms with Crippen molar-refractivity contribution >= 4 is 27.3 Å². The summed E-state index contributed by atoms with van der Waals surface area (Å²) >= 11 is 5.30. The first kappa shape index (κ1) is 13.5. The van der Waals surface area contributed by atoms with Crippen LogP contribution in [0, 0.1) is 5.41 Å². The fourth-order valence-electron chi connectivity index (χ4n) is 2.51. The van der Waals surface area contributed by atoms with Crippen molar-refractivity contribution in [1.29, 1.82) is 0 Å². The molecule has 0 saturated heterocycles. The maximum absolute atomic E-state index is 5.48. The molecule has 0 aliphatic heterocycles. The molecule has 96 valence electrons. The summed E-state index contributed by atoms with van der Waals surface area (Å²) in [5.74, 6) is 0. The van der Waals surface area contributed by atoms with Crippen LogP contribution in [0.15, 0.2) is 15.9 Å². The van der Waals surface area contributed by atoms with Crippen LogP contribution in [0.3, 0.4) is 0 Å². The normalized spacial score (nSPS) is 28.8. The molecule has 2 nitrogen and oxygen atoms in total. The Balaban J connectivity index is 1.95. The average molecular weight is 318 g/mol. The molecule has 0 radical (unpaired) electrons. The lowest BCUT2D eigenvalue weighted by Crippen LogP contribution is -2.60. The van der Waals surface area contributed by atoms with Crippen LogP contribution < -0.4 is 5.32 Å². The van der Waals surface area contributed by atoms with Crippen molar-refractivity contribution in [3.05, 3.63) is 20.8 Å². The number of nitrogens with one attached hydrogen (secondary N) is 1. The van der Waals surface area contributed by atoms with E-state index in [0.29, 0.717) is 18.2 Å². The van der Waals surface area contributed by atoms with Gasteiger partial charge in [0.2, 0.25) is 0 Å². The third-order valence-electron chi connectivity index (χ3n) is 3.93. The maximum Gasteiger partial charge on any atom is 0.0652 e. The van der Waals surface area contributed by atoms with E-state index in [1.54, 1.807) is 11.3 Å². The van der Waals surface area contributed by atoms with Gasteiger partial charge < -0.3 is 10.1 Å². The van der Waals surface area contributed by atoms with Crippen LogP contribution in [-0.2, 0) is 4.74 Å². The number of hydrogen-bond donors (Lipinski definition) is 1. The summed E-state index contributed by atoms with van der Waals surface area (Å²) in [5.41, 5.74) is 0.234. The first-order chi connectivity index (χ1) is 7.95. The van der Waals surface area contributed by atoms with Gasteiger partial charge in [-0.2, -0.15) is 0 Å². The molecule has 1 heterocycles. The highest BCUT2D eigenvalue weighted by Gasteiger charge is 2.48. The lowest BCUT2D eigenvalue weighted by atomic mass is 9.64. The molecule has 1 aromatic heterocycles. The second-order valence-corrected chi connectivity index (χ2v) is 7.25. The van der Waals surface area contributed by atoms with Gasteiger partial charge in [-0.3, -0.25) is 0 Å². The van der Waals surface area contributed by atoms with Crippen molar-refractivity contribution in [2.75, 3.05) is 7.11 Å². The molecule has 4 heteroatoms. The summed E-state index contributed by atoms with van der Waals surface area (Å²) in [5, 5.41) is 5.85. The summed E-state index contributed by atoms with van der Waals surface area (Å²) in [7, 11) is 1.81. The van der Waals surface area contributed by atoms with Gasteiger partial charge in [-0.05, 0) is 35.3 Å². The van der Waals surface area contributed by atoms with E-state index in [9.17, 15) is 0 Å². The Hall–Kier alpha value is 0.1000. The Morgan fingerprint density at radius 2 is 2.29 bits per heavy atom. The number of rotatable bonds is 4. The molecule has 0 spiro atoms. The molecule has 3 atom stereocenters. The van der Waals surface area contributed by atoms with Crippen LogP contribution >= 0.6 is 27.3 Å². The van der Waals surface area contributed by atoms with E-state index < -0.39 is 0 Å². The van der Waals surface area contributed by atoms with Crippen molar-refractivity contribution in [3.63, 3.8) is 0 Å². The van der Waals surface area contributed by atoms with Crippen LogP contribution in [0.25, 0.3) is 0 Å². The van der Waals surface area contributed by atoms with E-state index in [1.807, 2.05) is 7.11 Å². The van der Waals surface area contributed by atoms with Crippen LogP contribution in [0.5, 0.6) is 0 Å². The first-order valence-electron chi connectivity index (χ1n) is 5.98. The summed E-state index contributed by atoms with van der Waals surface area (Å²) in [4.78, 5) is 1.38. The highest BCUT2D eigenvalue weighted by Crippen LogP contribution is 2.43. The number of hydrogen-bond acceptors (Lipinski definition) is 3. The molecule has 1 fully saturated rings. The summed E-state index contributed by atoms with van der Waals surface area (Å²) in [6, 6.07) is 3.15. The number of halogens is 1. The van der Waals surface area contributed by atoms with E-state index >= 15 is 0 Å². The van der Waals surface area contributed by atoms with Crippen molar-refractivity contribution in [3.8, 4) is 0 Å². The monoisotopic (exact) mass is 317 g/mol. The molecular weight excluding hydrogens is 298 g/mol. The zero-order chi connectivity index (χ0) is 12.6. The Bertz CT molecular complexity index is 391. The second-order valence-electron chi connectivity index (χ2n) is 5.39. The van der Waals surface area contributed by atoms with Gasteiger partial charge in [0.15, 0.2) is 0 Å². The van der Waals surface area contributed by atoms with Crippen LogP contribution in [0.2, 0.25) is 0 Å². The molecule has 2 rings (SSSR count). The lowest BCUT2D eigenvalue weighted by Gasteiger charge is -2.52. The van der Waals surface area contributed by atoms with Gasteiger partial charge in [-0.15, -0.1) is 11.3 Å². The maximum atomic E-state index is 5.48. The summed E-state index contributed by atoms with van der Waals surface area (Å²) < 4.78 is 6.65. The Labute approximate surface area is 116 Å². The van der Waals surface area contributed by atoms with Gasteiger partial charge in [-0.1, -0.05) is 13.8 Å². The van der Waals surface area contributed by atoms with Gasteiger partial charge in [0.25, 0.3) is 0 Å². The van der Waals surface area contributed by atoms with E-state index in [4.69, 9.17) is 4.74 Å². The number of thiophene rings is 1. The van der Waals surface area contributed by atoms with E-state index in [1.165, 1.54) is 9.35 Å². The highest BCUT2D eigenvalue weighted by atomic mass is 79.9. The molecule has 3 unspecified atom stereocenters. The fourth-order valence-corrected chi connectivity index (χ4v) is 3.97. The van der Waals surface area contributed by atoms with Gasteiger partial charge >= 0.3 is 0 Å². The number of ether oxygens (including phenoxy) is 1. The zero-order valence-corrected chi connectivity index (χ0v) is 13.2. The average Bonchev–Trinajstić information content (AvgIpc) is 2.70. The minimum absolute atomic E-state index is 0.234. The van der Waals surface area contributed by atoms with Crippen LogP contribution in [0.1, 0.15) is 38.1 Å². The van der Waals surface area contributed by atoms with Gasteiger partial charge in [0.1, 0.15) is 0 Å². The predicted molar refractivity (Wildman–Crippen MR) is 76.6 cm³/mol. The van der Waals surface area contributed by atoms with E-state index in [2.05, 4.69) is 53.5 Å². The topological polar surface area (TPSA) is 21.3 Å². The molecule has 1 aromatic rings. The number of methoxy groups -OCH3 is 1. The molecule has 0 aromatic carbocycles. The molecule has 0 bridgehead atoms. The largest absolute Gasteiger partial charge is 0.381 e. The summed E-state index contributed by atoms with van der Waals surface area (Å²) in [6.45, 7) is 6.78. The quantitative estimate of drug-likeness (QED) is 0.907. The third-order valence-corrected chi connectivity index (χ3v) is 5.80. The van der Waals surface area contributed by atoms with Crippen molar-refractivity contribution in [2.45, 2.75) is 45.4 Å². The fraction of sp³-hybridized carbons (Fsp3) is 0.692. The Morgan fingerprint density at radius 3 is 2.76 bits per heavy atom. The standard InChI is InChI=1S/C13H20BrNOS/c1-8(10-5-9(14)7-17-10)15-11-6-12(16-4)13(11,2)3/h5,7-8,11-12,15H,6H2,1-4H3. The molecular formula is C13H20BrNOS. The van der Waals surface area contributed by atoms with Crippen LogP contribution in [0.4, 0.5) is 0 Å². The summed E-state index contributed by atoms with van der Waals surface area (Å²) in [6.07, 6.45) is 1.50. The molecule has 1 aliphatic rings. The molecule has 0 amide bonds. The van der Waals surface area contributed by atoms with Gasteiger partial charge in [0.05, 0.1) is 6.10 Å². The second kappa shape index (κ2) is 5.00. The molecule has 17 heavy (non-hydrogen) atoms. The van der Waals surface area contributed by atoms with Crippen molar-refractivity contribution < 1.29 is 4.74 Å². The highest BCUT2D eigenvalue weighted by molar-refractivity contribution is 9.10. The smallest absolute Gasteiger partial charge is 0.0652 e. The minimum atomic E-state index is 0.234. The Kier molecular flexibility index (Phi) is 3.98. The molecule has 1 N–H and O–H groups in total. The SMILES string of the molecule is COC1CC(NC(C)c2cc(Br)cs2)C1(C)C. The Morgan fingerprint density at radius 1 is 1.59 bits per heavy atom. The van der Waals surface area contributed by atoms with E-state index in [-0.39, 0.29) is 5.41 Å². The predicted octanol–water partition coefficient (Wildman–Crippen LogP) is 3.97. The van der Waals surface area contributed by atoms with Gasteiger partial charge in [0, 0.05) is 39.3 Å². The zero-order valence-electron chi connectivity index (χ0n) is 10.8. The van der Waals surface area contributed by atoms with Gasteiger partial charge in [-0.25, -0.2) is 0 Å². The first-order valence-corrected chi connectivity index (χ1v) is 7.65. The lowest BCUT2D eigenvalue weighted by molar-refractivity contribution is -0.0998. The van der Waals surface area contributed by atoms with Crippen molar-refractivity contribution in [1.82, 2.24) is 5.32 Å². The minimum Gasteiger partial charge on any atom is -0.381 e. The molecule has 1 saturated carbocycles. The van der Waals surface area contributed by atoms with E-state index in [0.717, 1.165) is 6.42 Å². The third kappa shape index (κ3) is 2.60. The van der Waals surface area contributed by atoms with Crippen LogP contribution in [-0.4, -0.2) is 19.3 Å². The molecule has 1 aliphatic carbocycles.